The van der Waals surface area contributed by atoms with Crippen LogP contribution < -0.4 is 0 Å². The molecule has 0 aliphatic heterocycles. The van der Waals surface area contributed by atoms with E-state index in [1.54, 1.807) is 13.8 Å². The molecule has 0 radical (unpaired) electrons. The summed E-state index contributed by atoms with van der Waals surface area (Å²) in [4.78, 5) is 22.7. The first-order chi connectivity index (χ1) is 17.7. The molecular formula is C29H45O7P. The van der Waals surface area contributed by atoms with Crippen molar-refractivity contribution in [3.8, 4) is 0 Å². The van der Waals surface area contributed by atoms with Crippen molar-refractivity contribution in [1.29, 1.82) is 0 Å². The van der Waals surface area contributed by atoms with E-state index in [1.165, 1.54) is 0 Å². The first-order valence-corrected chi connectivity index (χ1v) is 15.0. The summed E-state index contributed by atoms with van der Waals surface area (Å²) in [5.41, 5.74) is 1.76. The van der Waals surface area contributed by atoms with Gasteiger partial charge in [0.2, 0.25) is 0 Å². The molecular weight excluding hydrogens is 491 g/mol. The lowest BCUT2D eigenvalue weighted by molar-refractivity contribution is -0.139. The normalized spacial score (nSPS) is 11.2. The van der Waals surface area contributed by atoms with Gasteiger partial charge in [-0.1, -0.05) is 82.0 Å². The van der Waals surface area contributed by atoms with E-state index >= 15 is 0 Å². The number of rotatable bonds is 22. The van der Waals surface area contributed by atoms with Gasteiger partial charge in [-0.05, 0) is 45.1 Å². The monoisotopic (exact) mass is 536 g/mol. The van der Waals surface area contributed by atoms with Gasteiger partial charge in [0.25, 0.3) is 0 Å². The van der Waals surface area contributed by atoms with Gasteiger partial charge in [-0.2, -0.15) is 0 Å². The van der Waals surface area contributed by atoms with Gasteiger partial charge in [0, 0.05) is 11.1 Å². The fourth-order valence-corrected chi connectivity index (χ4v) is 5.12. The van der Waals surface area contributed by atoms with E-state index in [-0.39, 0.29) is 18.1 Å². The molecule has 0 atom stereocenters. The summed E-state index contributed by atoms with van der Waals surface area (Å²) in [7, 11) is -3.25. The molecule has 37 heavy (non-hydrogen) atoms. The Kier molecular flexibility index (Phi) is 17.6. The lowest BCUT2D eigenvalue weighted by Crippen LogP contribution is -2.06. The molecule has 0 bridgehead atoms. The van der Waals surface area contributed by atoms with Gasteiger partial charge >= 0.3 is 19.5 Å². The van der Waals surface area contributed by atoms with E-state index in [9.17, 15) is 14.2 Å². The number of hydrogen-bond acceptors (Lipinski definition) is 7. The molecule has 0 saturated carbocycles. The summed E-state index contributed by atoms with van der Waals surface area (Å²) in [6.45, 7) is 12.0. The lowest BCUT2D eigenvalue weighted by Gasteiger charge is -2.19. The van der Waals surface area contributed by atoms with Crippen molar-refractivity contribution in [3.63, 3.8) is 0 Å². The Bertz CT molecular complexity index is 818. The van der Waals surface area contributed by atoms with Gasteiger partial charge < -0.3 is 18.5 Å². The summed E-state index contributed by atoms with van der Waals surface area (Å²) >= 11 is 0. The summed E-state index contributed by atoms with van der Waals surface area (Å²) in [6.07, 6.45) is 9.26. The second kappa shape index (κ2) is 19.8. The third-order valence-electron chi connectivity index (χ3n) is 5.54. The van der Waals surface area contributed by atoms with Crippen LogP contribution in [0.3, 0.4) is 0 Å². The molecule has 208 valence electrons. The number of ether oxygens (including phenoxy) is 2. The van der Waals surface area contributed by atoms with Crippen LogP contribution in [0.4, 0.5) is 0 Å². The van der Waals surface area contributed by atoms with Crippen LogP contribution in [0.25, 0.3) is 0 Å². The largest absolute Gasteiger partial charge is 0.462 e. The number of esters is 2. The Balaban J connectivity index is 2.26. The van der Waals surface area contributed by atoms with Gasteiger partial charge in [0.05, 0.1) is 32.6 Å². The smallest absolute Gasteiger partial charge is 0.335 e. The molecule has 0 N–H and O–H groups in total. The molecule has 0 aromatic heterocycles. The molecule has 0 heterocycles. The topological polar surface area (TPSA) is 88.1 Å². The minimum atomic E-state index is -3.25. The standard InChI is InChI=1S/C29H45O7P/c1-25(2)28(30)33-20-14-7-5-9-16-22-35-37(32,24-27-18-12-11-13-19-27)36-23-17-10-6-8-15-21-34-29(31)26(3)4/h11-13,18-19H,1,3,5-10,14-17,20-24H2,2,4H3. The number of unbranched alkanes of at least 4 members (excludes halogenated alkanes) is 8. The van der Waals surface area contributed by atoms with E-state index < -0.39 is 7.60 Å². The highest BCUT2D eigenvalue weighted by molar-refractivity contribution is 7.53. The van der Waals surface area contributed by atoms with Gasteiger partial charge in [-0.15, -0.1) is 0 Å². The zero-order chi connectivity index (χ0) is 27.4. The number of hydrogen-bond donors (Lipinski definition) is 0. The van der Waals surface area contributed by atoms with Crippen LogP contribution in [0.5, 0.6) is 0 Å². The van der Waals surface area contributed by atoms with Crippen LogP contribution in [0.2, 0.25) is 0 Å². The number of carbonyl (C=O) groups is 2. The Morgan fingerprint density at radius 3 is 1.43 bits per heavy atom. The Morgan fingerprint density at radius 1 is 0.649 bits per heavy atom. The second-order valence-electron chi connectivity index (χ2n) is 9.29. The van der Waals surface area contributed by atoms with E-state index in [1.807, 2.05) is 30.3 Å². The summed E-state index contributed by atoms with van der Waals surface area (Å²) < 4.78 is 35.2. The zero-order valence-electron chi connectivity index (χ0n) is 22.7. The van der Waals surface area contributed by atoms with Gasteiger partial charge in [0.15, 0.2) is 0 Å². The van der Waals surface area contributed by atoms with E-state index in [4.69, 9.17) is 18.5 Å². The van der Waals surface area contributed by atoms with Crippen LogP contribution >= 0.6 is 7.60 Å². The Morgan fingerprint density at radius 2 is 1.03 bits per heavy atom. The molecule has 0 aliphatic carbocycles. The first kappa shape index (κ1) is 32.8. The fraction of sp³-hybridized carbons (Fsp3) is 0.586. The summed E-state index contributed by atoms with van der Waals surface area (Å²) in [6, 6.07) is 9.62. The lowest BCUT2D eigenvalue weighted by atomic mass is 10.1. The van der Waals surface area contributed by atoms with Crippen LogP contribution in [0, 0.1) is 0 Å². The Hall–Kier alpha value is -2.21. The molecule has 0 unspecified atom stereocenters. The summed E-state index contributed by atoms with van der Waals surface area (Å²) in [5, 5.41) is 0. The van der Waals surface area contributed by atoms with Crippen LogP contribution in [0.15, 0.2) is 54.6 Å². The predicted octanol–water partition coefficient (Wildman–Crippen LogP) is 7.55. The number of carbonyl (C=O) groups excluding carboxylic acids is 2. The number of benzene rings is 1. The van der Waals surface area contributed by atoms with Crippen molar-refractivity contribution in [3.05, 3.63) is 60.2 Å². The average molecular weight is 537 g/mol. The molecule has 0 spiro atoms. The maximum Gasteiger partial charge on any atom is 0.335 e. The van der Waals surface area contributed by atoms with Crippen molar-refractivity contribution in [1.82, 2.24) is 0 Å². The summed E-state index contributed by atoms with van der Waals surface area (Å²) in [5.74, 6) is -0.687. The molecule has 0 amide bonds. The highest BCUT2D eigenvalue weighted by atomic mass is 31.2. The maximum atomic E-state index is 13.4. The molecule has 0 saturated heterocycles. The predicted molar refractivity (Wildman–Crippen MR) is 147 cm³/mol. The van der Waals surface area contributed by atoms with Gasteiger partial charge in [0.1, 0.15) is 0 Å². The van der Waals surface area contributed by atoms with Crippen molar-refractivity contribution in [2.45, 2.75) is 84.2 Å². The SMILES string of the molecule is C=C(C)C(=O)OCCCCCCCOP(=O)(Cc1ccccc1)OCCCCCCCOC(=O)C(=C)C. The van der Waals surface area contributed by atoms with Crippen molar-refractivity contribution in [2.75, 3.05) is 26.4 Å². The van der Waals surface area contributed by atoms with Crippen molar-refractivity contribution < 1.29 is 32.7 Å². The zero-order valence-corrected chi connectivity index (χ0v) is 23.6. The van der Waals surface area contributed by atoms with E-state index in [0.717, 1.165) is 69.8 Å². The van der Waals surface area contributed by atoms with Crippen LogP contribution in [0.1, 0.15) is 83.6 Å². The molecule has 0 fully saturated rings. The highest BCUT2D eigenvalue weighted by Crippen LogP contribution is 2.51. The minimum Gasteiger partial charge on any atom is -0.462 e. The Labute approximate surface area is 223 Å². The quantitative estimate of drug-likeness (QED) is 0.0654. The third kappa shape index (κ3) is 17.0. The minimum absolute atomic E-state index is 0.260. The van der Waals surface area contributed by atoms with Crippen LogP contribution in [-0.4, -0.2) is 38.4 Å². The van der Waals surface area contributed by atoms with Gasteiger partial charge in [-0.25, -0.2) is 9.59 Å². The van der Waals surface area contributed by atoms with E-state index in [0.29, 0.717) is 37.6 Å². The first-order valence-electron chi connectivity index (χ1n) is 13.3. The van der Waals surface area contributed by atoms with Crippen molar-refractivity contribution in [2.24, 2.45) is 0 Å². The molecule has 8 heteroatoms. The maximum absolute atomic E-state index is 13.4. The fourth-order valence-electron chi connectivity index (χ4n) is 3.39. The van der Waals surface area contributed by atoms with Crippen LogP contribution in [-0.2, 0) is 38.8 Å². The average Bonchev–Trinajstić information content (AvgIpc) is 2.86. The molecule has 1 aromatic carbocycles. The third-order valence-corrected chi connectivity index (χ3v) is 7.44. The second-order valence-corrected chi connectivity index (χ2v) is 11.3. The molecule has 1 aromatic rings. The molecule has 0 aliphatic rings. The van der Waals surface area contributed by atoms with E-state index in [2.05, 4.69) is 13.2 Å². The highest BCUT2D eigenvalue weighted by Gasteiger charge is 2.25. The van der Waals surface area contributed by atoms with Crippen molar-refractivity contribution >= 4 is 19.5 Å². The molecule has 1 rings (SSSR count). The molecule has 7 nitrogen and oxygen atoms in total. The van der Waals surface area contributed by atoms with Gasteiger partial charge in [-0.3, -0.25) is 4.57 Å².